The zero-order chi connectivity index (χ0) is 10.5. The van der Waals surface area contributed by atoms with Crippen LogP contribution in [0.3, 0.4) is 0 Å². The van der Waals surface area contributed by atoms with Crippen molar-refractivity contribution in [1.29, 1.82) is 0 Å². The summed E-state index contributed by atoms with van der Waals surface area (Å²) in [5, 5.41) is 0.615. The van der Waals surface area contributed by atoms with Crippen molar-refractivity contribution in [1.82, 2.24) is 0 Å². The van der Waals surface area contributed by atoms with Crippen molar-refractivity contribution in [3.05, 3.63) is 0 Å². The van der Waals surface area contributed by atoms with Gasteiger partial charge in [0.05, 0.1) is 12.5 Å². The summed E-state index contributed by atoms with van der Waals surface area (Å²) in [6, 6.07) is 0. The summed E-state index contributed by atoms with van der Waals surface area (Å²) in [7, 11) is 1.44. The van der Waals surface area contributed by atoms with Crippen LogP contribution in [0.4, 0.5) is 0 Å². The van der Waals surface area contributed by atoms with Crippen molar-refractivity contribution < 1.29 is 9.53 Å². The number of carbonyl (C=O) groups excluding carboxylic acids is 1. The summed E-state index contributed by atoms with van der Waals surface area (Å²) in [6.07, 6.45) is 1.14. The first-order valence-electron chi connectivity index (χ1n) is 4.64. The van der Waals surface area contributed by atoms with Crippen molar-refractivity contribution in [2.75, 3.05) is 12.9 Å². The van der Waals surface area contributed by atoms with Gasteiger partial charge >= 0.3 is 5.97 Å². The maximum atomic E-state index is 11.3. The summed E-state index contributed by atoms with van der Waals surface area (Å²) in [5.74, 6) is 0.706. The molecule has 0 aromatic carbocycles. The average molecular weight is 204 g/mol. The van der Waals surface area contributed by atoms with Gasteiger partial charge in [-0.3, -0.25) is 4.79 Å². The second kappa shape index (κ2) is 5.53. The Morgan fingerprint density at radius 2 is 2.08 bits per heavy atom. The maximum Gasteiger partial charge on any atom is 0.312 e. The van der Waals surface area contributed by atoms with Crippen LogP contribution in [-0.4, -0.2) is 24.1 Å². The van der Waals surface area contributed by atoms with E-state index in [0.717, 1.165) is 12.2 Å². The Labute approximate surface area is 85.4 Å². The Hall–Kier alpha value is -0.180. The predicted molar refractivity (Wildman–Crippen MR) is 58.0 cm³/mol. The molecular weight excluding hydrogens is 184 g/mol. The van der Waals surface area contributed by atoms with Gasteiger partial charge in [0.15, 0.2) is 0 Å². The van der Waals surface area contributed by atoms with E-state index < -0.39 is 0 Å². The van der Waals surface area contributed by atoms with Crippen LogP contribution in [0.5, 0.6) is 0 Å². The molecule has 0 heterocycles. The molecule has 0 amide bonds. The minimum atomic E-state index is -0.358. The summed E-state index contributed by atoms with van der Waals surface area (Å²) in [6.45, 7) is 8.18. The van der Waals surface area contributed by atoms with E-state index in [9.17, 15) is 4.79 Å². The monoisotopic (exact) mass is 204 g/mol. The Balaban J connectivity index is 3.95. The van der Waals surface area contributed by atoms with Gasteiger partial charge in [0.2, 0.25) is 0 Å². The number of carbonyl (C=O) groups is 1. The Kier molecular flexibility index (Phi) is 5.45. The lowest BCUT2D eigenvalue weighted by molar-refractivity contribution is -0.149. The molecule has 0 saturated heterocycles. The topological polar surface area (TPSA) is 26.3 Å². The van der Waals surface area contributed by atoms with E-state index in [1.54, 1.807) is 0 Å². The average Bonchev–Trinajstić information content (AvgIpc) is 2.12. The fourth-order valence-corrected chi connectivity index (χ4v) is 1.86. The zero-order valence-electron chi connectivity index (χ0n) is 9.22. The number of esters is 1. The van der Waals surface area contributed by atoms with Gasteiger partial charge in [-0.25, -0.2) is 0 Å². The fraction of sp³-hybridized carbons (Fsp3) is 0.900. The molecule has 0 aromatic heterocycles. The van der Waals surface area contributed by atoms with E-state index in [0.29, 0.717) is 5.25 Å². The molecule has 0 aliphatic rings. The summed E-state index contributed by atoms with van der Waals surface area (Å²) in [4.78, 5) is 11.3. The molecule has 0 spiro atoms. The molecule has 0 saturated carbocycles. The van der Waals surface area contributed by atoms with Crippen molar-refractivity contribution in [2.24, 2.45) is 5.41 Å². The van der Waals surface area contributed by atoms with Crippen LogP contribution >= 0.6 is 11.8 Å². The number of ether oxygens (including phenoxy) is 1. The minimum Gasteiger partial charge on any atom is -0.469 e. The Morgan fingerprint density at radius 3 is 2.46 bits per heavy atom. The van der Waals surface area contributed by atoms with Gasteiger partial charge in [-0.1, -0.05) is 13.8 Å². The number of hydrogen-bond acceptors (Lipinski definition) is 3. The molecule has 0 aromatic rings. The van der Waals surface area contributed by atoms with Crippen molar-refractivity contribution in [3.8, 4) is 0 Å². The largest absolute Gasteiger partial charge is 0.469 e. The first-order chi connectivity index (χ1) is 5.94. The molecule has 3 heteroatoms. The third kappa shape index (κ3) is 4.55. The van der Waals surface area contributed by atoms with Gasteiger partial charge in [-0.2, -0.15) is 11.8 Å². The minimum absolute atomic E-state index is 0.122. The van der Waals surface area contributed by atoms with Crippen LogP contribution in [0.15, 0.2) is 0 Å². The first-order valence-corrected chi connectivity index (χ1v) is 5.69. The zero-order valence-corrected chi connectivity index (χ0v) is 10.0. The third-order valence-electron chi connectivity index (χ3n) is 2.04. The highest BCUT2D eigenvalue weighted by Gasteiger charge is 2.28. The van der Waals surface area contributed by atoms with Crippen LogP contribution in [0, 0.1) is 5.41 Å². The SMILES string of the molecule is CCC(C)SCC(C)(C)C(=O)OC. The summed E-state index contributed by atoms with van der Waals surface area (Å²) >= 11 is 1.83. The molecule has 0 radical (unpaired) electrons. The number of hydrogen-bond donors (Lipinski definition) is 0. The normalized spacial score (nSPS) is 13.9. The van der Waals surface area contributed by atoms with E-state index >= 15 is 0 Å². The van der Waals surface area contributed by atoms with Gasteiger partial charge in [-0.15, -0.1) is 0 Å². The number of rotatable bonds is 5. The molecule has 2 nitrogen and oxygen atoms in total. The Bertz CT molecular complexity index is 166. The predicted octanol–water partition coefficient (Wildman–Crippen LogP) is 2.72. The highest BCUT2D eigenvalue weighted by atomic mass is 32.2. The highest BCUT2D eigenvalue weighted by molar-refractivity contribution is 7.99. The van der Waals surface area contributed by atoms with Gasteiger partial charge in [-0.05, 0) is 20.3 Å². The van der Waals surface area contributed by atoms with Crippen molar-refractivity contribution in [3.63, 3.8) is 0 Å². The molecule has 78 valence electrons. The number of methoxy groups -OCH3 is 1. The van der Waals surface area contributed by atoms with Crippen LogP contribution in [0.25, 0.3) is 0 Å². The molecular formula is C10H20O2S. The second-order valence-electron chi connectivity index (χ2n) is 3.91. The van der Waals surface area contributed by atoms with Crippen LogP contribution in [-0.2, 0) is 9.53 Å². The molecule has 1 unspecified atom stereocenters. The molecule has 0 N–H and O–H groups in total. The van der Waals surface area contributed by atoms with Gasteiger partial charge in [0, 0.05) is 11.0 Å². The molecule has 0 rings (SSSR count). The molecule has 0 aliphatic heterocycles. The molecule has 0 fully saturated rings. The maximum absolute atomic E-state index is 11.3. The standard InChI is InChI=1S/C10H20O2S/c1-6-8(2)13-7-10(3,4)9(11)12-5/h8H,6-7H2,1-5H3. The van der Waals surface area contributed by atoms with Crippen LogP contribution in [0.1, 0.15) is 34.1 Å². The van der Waals surface area contributed by atoms with Crippen molar-refractivity contribution >= 4 is 17.7 Å². The second-order valence-corrected chi connectivity index (χ2v) is 5.33. The van der Waals surface area contributed by atoms with Crippen LogP contribution < -0.4 is 0 Å². The lowest BCUT2D eigenvalue weighted by Crippen LogP contribution is -2.28. The quantitative estimate of drug-likeness (QED) is 0.644. The van der Waals surface area contributed by atoms with Gasteiger partial charge < -0.3 is 4.74 Å². The molecule has 0 bridgehead atoms. The van der Waals surface area contributed by atoms with E-state index in [2.05, 4.69) is 13.8 Å². The Morgan fingerprint density at radius 1 is 1.54 bits per heavy atom. The lowest BCUT2D eigenvalue weighted by atomic mass is 9.97. The van der Waals surface area contributed by atoms with Gasteiger partial charge in [0.1, 0.15) is 0 Å². The summed E-state index contributed by atoms with van der Waals surface area (Å²) in [5.41, 5.74) is -0.358. The first kappa shape index (κ1) is 12.8. The molecule has 0 aliphatic carbocycles. The van der Waals surface area contributed by atoms with E-state index in [-0.39, 0.29) is 11.4 Å². The van der Waals surface area contributed by atoms with E-state index in [1.165, 1.54) is 7.11 Å². The highest BCUT2D eigenvalue weighted by Crippen LogP contribution is 2.26. The van der Waals surface area contributed by atoms with E-state index in [1.807, 2.05) is 25.6 Å². The molecule has 1 atom stereocenters. The van der Waals surface area contributed by atoms with E-state index in [4.69, 9.17) is 4.74 Å². The van der Waals surface area contributed by atoms with Crippen molar-refractivity contribution in [2.45, 2.75) is 39.4 Å². The third-order valence-corrected chi connectivity index (χ3v) is 3.83. The summed E-state index contributed by atoms with van der Waals surface area (Å²) < 4.78 is 4.73. The fourth-order valence-electron chi connectivity index (χ4n) is 0.804. The van der Waals surface area contributed by atoms with Crippen LogP contribution in [0.2, 0.25) is 0 Å². The van der Waals surface area contributed by atoms with Gasteiger partial charge in [0.25, 0.3) is 0 Å². The molecule has 13 heavy (non-hydrogen) atoms. The lowest BCUT2D eigenvalue weighted by Gasteiger charge is -2.22. The smallest absolute Gasteiger partial charge is 0.312 e. The number of thioether (sulfide) groups is 1.